The Hall–Kier alpha value is -3.19. The summed E-state index contributed by atoms with van der Waals surface area (Å²) in [7, 11) is -2.43. The Kier molecular flexibility index (Phi) is 11.3. The Labute approximate surface area is 295 Å². The summed E-state index contributed by atoms with van der Waals surface area (Å²) in [5.74, 6) is -1.10. The van der Waals surface area contributed by atoms with Crippen LogP contribution in [0.15, 0.2) is 54.7 Å². The van der Waals surface area contributed by atoms with E-state index in [0.717, 1.165) is 23.8 Å². The Morgan fingerprint density at radius 1 is 1.06 bits per heavy atom. The van der Waals surface area contributed by atoms with Gasteiger partial charge in [0.25, 0.3) is 0 Å². The Bertz CT molecular complexity index is 1620. The number of aromatic nitrogens is 2. The summed E-state index contributed by atoms with van der Waals surface area (Å²) in [4.78, 5) is 19.4. The number of nitrogens with one attached hydrogen (secondary N) is 1. The van der Waals surface area contributed by atoms with Gasteiger partial charge in [-0.25, -0.2) is 22.9 Å². The van der Waals surface area contributed by atoms with Gasteiger partial charge in [-0.1, -0.05) is 51.1 Å². The number of hydrogen-bond donors (Lipinski definition) is 1. The van der Waals surface area contributed by atoms with Gasteiger partial charge >= 0.3 is 6.09 Å². The number of rotatable bonds is 10. The van der Waals surface area contributed by atoms with Gasteiger partial charge in [-0.05, 0) is 62.7 Å². The lowest BCUT2D eigenvalue weighted by atomic mass is 9.85. The summed E-state index contributed by atoms with van der Waals surface area (Å²) in [5, 5.41) is 3.57. The van der Waals surface area contributed by atoms with Crippen LogP contribution >= 0.6 is 0 Å². The maximum absolute atomic E-state index is 15.7. The van der Waals surface area contributed by atoms with Gasteiger partial charge in [-0.3, -0.25) is 0 Å². The van der Waals surface area contributed by atoms with Crippen molar-refractivity contribution in [3.63, 3.8) is 0 Å². The van der Waals surface area contributed by atoms with Crippen molar-refractivity contribution < 1.29 is 31.9 Å². The molecule has 3 heterocycles. The number of halogens is 3. The number of hydrogen-bond acceptors (Lipinski definition) is 6. The number of ether oxygens (including phenoxy) is 2. The van der Waals surface area contributed by atoms with E-state index >= 15 is 8.78 Å². The molecule has 2 aromatic carbocycles. The fourth-order valence-corrected chi connectivity index (χ4v) is 8.14. The molecule has 0 spiro atoms. The molecule has 1 aromatic heterocycles. The zero-order valence-electron chi connectivity index (χ0n) is 30.7. The Morgan fingerprint density at radius 3 is 2.38 bits per heavy atom. The number of carbonyl (C=O) groups excluding carboxylic acids is 1. The summed E-state index contributed by atoms with van der Waals surface area (Å²) < 4.78 is 66.2. The molecule has 274 valence electrons. The monoisotopic (exact) mass is 714 g/mol. The highest BCUT2D eigenvalue weighted by Gasteiger charge is 2.51. The molecule has 2 saturated heterocycles. The number of imidazole rings is 1. The number of likely N-dealkylation sites (tertiary alicyclic amines) is 1. The van der Waals surface area contributed by atoms with Crippen molar-refractivity contribution in [1.29, 1.82) is 0 Å². The second-order valence-corrected chi connectivity index (χ2v) is 21.0. The van der Waals surface area contributed by atoms with Crippen molar-refractivity contribution in [2.24, 2.45) is 5.92 Å². The van der Waals surface area contributed by atoms with E-state index in [1.807, 2.05) is 34.9 Å². The van der Waals surface area contributed by atoms with Gasteiger partial charge in [0.1, 0.15) is 29.2 Å². The minimum atomic E-state index is -2.43. The largest absolute Gasteiger partial charge is 0.444 e. The molecule has 0 radical (unpaired) electrons. The van der Waals surface area contributed by atoms with Crippen molar-refractivity contribution in [1.82, 2.24) is 19.8 Å². The van der Waals surface area contributed by atoms with E-state index in [4.69, 9.17) is 18.9 Å². The zero-order valence-corrected chi connectivity index (χ0v) is 31.7. The van der Waals surface area contributed by atoms with Crippen molar-refractivity contribution in [2.75, 3.05) is 32.8 Å². The predicted molar refractivity (Wildman–Crippen MR) is 191 cm³/mol. The lowest BCUT2D eigenvalue weighted by Gasteiger charge is -2.50. The van der Waals surface area contributed by atoms with Gasteiger partial charge in [0.15, 0.2) is 8.32 Å². The summed E-state index contributed by atoms with van der Waals surface area (Å²) in [6.45, 7) is 18.0. The fourth-order valence-electron chi connectivity index (χ4n) is 6.50. The minimum Gasteiger partial charge on any atom is -0.444 e. The predicted octanol–water partition coefficient (Wildman–Crippen LogP) is 8.28. The third kappa shape index (κ3) is 8.81. The molecule has 2 aliphatic rings. The first-order valence-corrected chi connectivity index (χ1v) is 20.5. The first-order chi connectivity index (χ1) is 23.4. The van der Waals surface area contributed by atoms with Gasteiger partial charge in [0, 0.05) is 63.4 Å². The normalized spacial score (nSPS) is 20.6. The summed E-state index contributed by atoms with van der Waals surface area (Å²) in [6.07, 6.45) is 1.04. The van der Waals surface area contributed by atoms with Crippen molar-refractivity contribution in [2.45, 2.75) is 102 Å². The van der Waals surface area contributed by atoms with Crippen LogP contribution in [-0.4, -0.2) is 79.1 Å². The van der Waals surface area contributed by atoms with Crippen LogP contribution in [0.2, 0.25) is 18.1 Å². The quantitative estimate of drug-likeness (QED) is 0.213. The average molecular weight is 715 g/mol. The standard InChI is InChI=1S/C38H53F3N4O4Si/c1-36(2,3)48-35(46)45-23-27(31(41)24-45)21-42-33(38(16-18-47-19-17-38)49-50(7,8)37(4,5)6)34-43-32(29-20-28(39)14-15-30(29)40)25-44(34)22-26-12-10-9-11-13-26/h9-15,20,25,27,31,33,42H,16-19,21-24H2,1-8H3/t27-,31+,33+/m1/s1. The molecule has 0 bridgehead atoms. The van der Waals surface area contributed by atoms with Crippen molar-refractivity contribution in [3.8, 4) is 11.3 Å². The van der Waals surface area contributed by atoms with Crippen LogP contribution in [0, 0.1) is 17.6 Å². The molecule has 0 aliphatic carbocycles. The molecule has 2 aliphatic heterocycles. The van der Waals surface area contributed by atoms with E-state index < -0.39 is 55.4 Å². The molecular formula is C38H53F3N4O4Si. The summed E-state index contributed by atoms with van der Waals surface area (Å²) in [6, 6.07) is 12.6. The molecule has 50 heavy (non-hydrogen) atoms. The first-order valence-electron chi connectivity index (χ1n) is 17.6. The lowest BCUT2D eigenvalue weighted by Crippen LogP contribution is -2.58. The number of carbonyl (C=O) groups is 1. The molecule has 3 atom stereocenters. The molecule has 1 N–H and O–H groups in total. The summed E-state index contributed by atoms with van der Waals surface area (Å²) >= 11 is 0. The average Bonchev–Trinajstić information content (AvgIpc) is 3.61. The number of alkyl halides is 1. The van der Waals surface area contributed by atoms with Crippen LogP contribution in [0.3, 0.4) is 0 Å². The van der Waals surface area contributed by atoms with E-state index in [-0.39, 0.29) is 35.9 Å². The minimum absolute atomic E-state index is 0.0516. The first kappa shape index (κ1) is 38.0. The number of benzene rings is 2. The number of amides is 1. The van der Waals surface area contributed by atoms with Gasteiger partial charge in [0.05, 0.1) is 23.9 Å². The highest BCUT2D eigenvalue weighted by atomic mass is 28.4. The molecule has 1 amide bonds. The van der Waals surface area contributed by atoms with Crippen LogP contribution in [0.25, 0.3) is 11.3 Å². The lowest BCUT2D eigenvalue weighted by molar-refractivity contribution is -0.0795. The van der Waals surface area contributed by atoms with Gasteiger partial charge < -0.3 is 28.7 Å². The second kappa shape index (κ2) is 14.8. The fraction of sp³-hybridized carbons (Fsp3) is 0.579. The number of nitrogens with zero attached hydrogens (tertiary/aromatic N) is 3. The molecule has 0 saturated carbocycles. The topological polar surface area (TPSA) is 77.9 Å². The van der Waals surface area contributed by atoms with E-state index in [0.29, 0.717) is 38.4 Å². The van der Waals surface area contributed by atoms with Crippen LogP contribution in [0.1, 0.15) is 71.8 Å². The SMILES string of the molecule is CC(C)(C)OC(=O)N1C[C@@H](CN[C@@H](c2nc(-c3cc(F)ccc3F)cn2Cc2ccccc2)C2(O[Si](C)(C)C(C)(C)C)CCOCC2)[C@@H](F)C1. The molecule has 5 rings (SSSR count). The molecule has 8 nitrogen and oxygen atoms in total. The van der Waals surface area contributed by atoms with E-state index in [9.17, 15) is 9.18 Å². The summed E-state index contributed by atoms with van der Waals surface area (Å²) in [5.41, 5.74) is -0.177. The van der Waals surface area contributed by atoms with Gasteiger partial charge in [-0.2, -0.15) is 0 Å². The highest BCUT2D eigenvalue weighted by Crippen LogP contribution is 2.46. The van der Waals surface area contributed by atoms with Crippen molar-refractivity contribution in [3.05, 3.63) is 77.8 Å². The van der Waals surface area contributed by atoms with Crippen molar-refractivity contribution >= 4 is 14.4 Å². The van der Waals surface area contributed by atoms with E-state index in [2.05, 4.69) is 39.2 Å². The highest BCUT2D eigenvalue weighted by molar-refractivity contribution is 6.74. The molecule has 3 aromatic rings. The molecular weight excluding hydrogens is 662 g/mol. The van der Waals surface area contributed by atoms with Gasteiger partial charge in [0.2, 0.25) is 0 Å². The van der Waals surface area contributed by atoms with Crippen LogP contribution < -0.4 is 5.32 Å². The molecule has 2 fully saturated rings. The van der Waals surface area contributed by atoms with E-state index in [1.165, 1.54) is 4.90 Å². The Balaban J connectivity index is 1.60. The van der Waals surface area contributed by atoms with Crippen LogP contribution in [0.5, 0.6) is 0 Å². The smallest absolute Gasteiger partial charge is 0.410 e. The maximum atomic E-state index is 15.7. The van der Waals surface area contributed by atoms with Gasteiger partial charge in [-0.15, -0.1) is 0 Å². The zero-order chi connectivity index (χ0) is 36.5. The third-order valence-corrected chi connectivity index (χ3v) is 14.7. The maximum Gasteiger partial charge on any atom is 0.410 e. The molecule has 0 unspecified atom stereocenters. The molecule has 12 heteroatoms. The third-order valence-electron chi connectivity index (χ3n) is 10.2. The second-order valence-electron chi connectivity index (χ2n) is 16.3. The van der Waals surface area contributed by atoms with E-state index in [1.54, 1.807) is 27.0 Å². The van der Waals surface area contributed by atoms with Crippen LogP contribution in [0.4, 0.5) is 18.0 Å². The Morgan fingerprint density at radius 2 is 1.74 bits per heavy atom. The van der Waals surface area contributed by atoms with Crippen LogP contribution in [-0.2, 0) is 20.4 Å².